The van der Waals surface area contributed by atoms with Crippen molar-refractivity contribution >= 4 is 0 Å². The highest BCUT2D eigenvalue weighted by Gasteiger charge is 2.26. The molecule has 0 saturated heterocycles. The second kappa shape index (κ2) is 15.4. The van der Waals surface area contributed by atoms with E-state index in [4.69, 9.17) is 15.9 Å². The highest BCUT2D eigenvalue weighted by molar-refractivity contribution is 5.08. The van der Waals surface area contributed by atoms with Gasteiger partial charge in [-0.25, -0.2) is 0 Å². The Kier molecular flexibility index (Phi) is 15.0. The van der Waals surface area contributed by atoms with Gasteiger partial charge in [0.05, 0.1) is 6.61 Å². The molecule has 0 aromatic carbocycles. The van der Waals surface area contributed by atoms with E-state index >= 15 is 0 Å². The molecule has 2 nitrogen and oxygen atoms in total. The van der Waals surface area contributed by atoms with Gasteiger partial charge in [0.1, 0.15) is 0 Å². The predicted molar refractivity (Wildman–Crippen MR) is 96.1 cm³/mol. The molecule has 0 rings (SSSR count). The van der Waals surface area contributed by atoms with Crippen molar-refractivity contribution in [3.8, 4) is 12.3 Å². The van der Waals surface area contributed by atoms with Gasteiger partial charge in [-0.3, -0.25) is 0 Å². The van der Waals surface area contributed by atoms with E-state index < -0.39 is 5.60 Å². The highest BCUT2D eigenvalue weighted by Crippen LogP contribution is 2.17. The van der Waals surface area contributed by atoms with Crippen LogP contribution in [0.3, 0.4) is 0 Å². The van der Waals surface area contributed by atoms with Gasteiger partial charge in [0.25, 0.3) is 0 Å². The minimum atomic E-state index is -0.521. The van der Waals surface area contributed by atoms with E-state index in [-0.39, 0.29) is 0 Å². The number of terminal acetylenes is 1. The summed E-state index contributed by atoms with van der Waals surface area (Å²) in [6.07, 6.45) is 20.9. The molecule has 0 saturated carbocycles. The molecular formula is C20H38O2. The quantitative estimate of drug-likeness (QED) is 0.267. The van der Waals surface area contributed by atoms with E-state index in [0.717, 1.165) is 25.9 Å². The van der Waals surface area contributed by atoms with E-state index in [1.807, 2.05) is 0 Å². The first-order valence-corrected chi connectivity index (χ1v) is 9.35. The fraction of sp³-hybridized carbons (Fsp3) is 0.900. The molecule has 0 heterocycles. The van der Waals surface area contributed by atoms with Crippen molar-refractivity contribution in [2.45, 2.75) is 96.5 Å². The molecular weight excluding hydrogens is 272 g/mol. The Balaban J connectivity index is 3.41. The van der Waals surface area contributed by atoms with Crippen LogP contribution in [0.2, 0.25) is 0 Å². The standard InChI is InChI=1S/C20H38O2/c1-5-8-9-10-11-12-13-14-15-16-18-22-19-20(7-3,21-4)17-6-2/h3H,5-6,8-19H2,1-2,4H3. The lowest BCUT2D eigenvalue weighted by molar-refractivity contribution is -0.0423. The van der Waals surface area contributed by atoms with Crippen LogP contribution in [0.25, 0.3) is 0 Å². The van der Waals surface area contributed by atoms with Crippen molar-refractivity contribution in [2.75, 3.05) is 20.3 Å². The van der Waals surface area contributed by atoms with Crippen LogP contribution < -0.4 is 0 Å². The maximum Gasteiger partial charge on any atom is 0.151 e. The maximum atomic E-state index is 5.74. The first-order chi connectivity index (χ1) is 10.7. The average molecular weight is 311 g/mol. The van der Waals surface area contributed by atoms with Gasteiger partial charge in [-0.1, -0.05) is 84.0 Å². The van der Waals surface area contributed by atoms with Gasteiger partial charge in [-0.15, -0.1) is 6.42 Å². The lowest BCUT2D eigenvalue weighted by atomic mass is 10.00. The maximum absolute atomic E-state index is 5.74. The topological polar surface area (TPSA) is 18.5 Å². The van der Waals surface area contributed by atoms with Gasteiger partial charge in [-0.05, 0) is 12.8 Å². The molecule has 0 radical (unpaired) electrons. The van der Waals surface area contributed by atoms with E-state index in [2.05, 4.69) is 19.8 Å². The van der Waals surface area contributed by atoms with Gasteiger partial charge in [0, 0.05) is 13.7 Å². The fourth-order valence-corrected chi connectivity index (χ4v) is 2.74. The largest absolute Gasteiger partial charge is 0.377 e. The van der Waals surface area contributed by atoms with Crippen molar-refractivity contribution < 1.29 is 9.47 Å². The zero-order valence-electron chi connectivity index (χ0n) is 15.3. The molecule has 0 fully saturated rings. The lowest BCUT2D eigenvalue weighted by Gasteiger charge is -2.26. The van der Waals surface area contributed by atoms with Crippen LogP contribution in [0.15, 0.2) is 0 Å². The minimum absolute atomic E-state index is 0.519. The molecule has 0 spiro atoms. The van der Waals surface area contributed by atoms with Crippen molar-refractivity contribution in [1.82, 2.24) is 0 Å². The summed E-state index contributed by atoms with van der Waals surface area (Å²) in [5.74, 6) is 2.76. The summed E-state index contributed by atoms with van der Waals surface area (Å²) in [6, 6.07) is 0. The SMILES string of the molecule is C#CC(CCC)(COCCCCCCCCCCCC)OC. The molecule has 0 N–H and O–H groups in total. The molecule has 2 heteroatoms. The number of hydrogen-bond acceptors (Lipinski definition) is 2. The van der Waals surface area contributed by atoms with Gasteiger partial charge >= 0.3 is 0 Å². The molecule has 0 bridgehead atoms. The van der Waals surface area contributed by atoms with Crippen LogP contribution in [-0.2, 0) is 9.47 Å². The molecule has 1 unspecified atom stereocenters. The second-order valence-electron chi connectivity index (χ2n) is 6.33. The number of ether oxygens (including phenoxy) is 2. The molecule has 130 valence electrons. The second-order valence-corrected chi connectivity index (χ2v) is 6.33. The summed E-state index contributed by atoms with van der Waals surface area (Å²) in [5, 5.41) is 0. The summed E-state index contributed by atoms with van der Waals surface area (Å²) < 4.78 is 11.2. The zero-order valence-corrected chi connectivity index (χ0v) is 15.3. The first kappa shape index (κ1) is 21.5. The third-order valence-electron chi connectivity index (χ3n) is 4.29. The summed E-state index contributed by atoms with van der Waals surface area (Å²) >= 11 is 0. The number of unbranched alkanes of at least 4 members (excludes halogenated alkanes) is 9. The molecule has 22 heavy (non-hydrogen) atoms. The third-order valence-corrected chi connectivity index (χ3v) is 4.29. The lowest BCUT2D eigenvalue weighted by Crippen LogP contribution is -2.35. The Morgan fingerprint density at radius 2 is 1.36 bits per heavy atom. The molecule has 0 aliphatic heterocycles. The van der Waals surface area contributed by atoms with Gasteiger partial charge in [0.2, 0.25) is 0 Å². The number of methoxy groups -OCH3 is 1. The third kappa shape index (κ3) is 11.1. The van der Waals surface area contributed by atoms with Crippen molar-refractivity contribution in [3.63, 3.8) is 0 Å². The summed E-state index contributed by atoms with van der Waals surface area (Å²) in [6.45, 7) is 5.70. The van der Waals surface area contributed by atoms with Crippen LogP contribution in [0.4, 0.5) is 0 Å². The van der Waals surface area contributed by atoms with Crippen LogP contribution in [0.5, 0.6) is 0 Å². The van der Waals surface area contributed by atoms with Gasteiger partial charge < -0.3 is 9.47 Å². The summed E-state index contributed by atoms with van der Waals surface area (Å²) in [5.41, 5.74) is -0.521. The Hall–Kier alpha value is -0.520. The fourth-order valence-electron chi connectivity index (χ4n) is 2.74. The minimum Gasteiger partial charge on any atom is -0.377 e. The van der Waals surface area contributed by atoms with Crippen LogP contribution in [0, 0.1) is 12.3 Å². The van der Waals surface area contributed by atoms with E-state index in [1.54, 1.807) is 7.11 Å². The zero-order chi connectivity index (χ0) is 16.5. The molecule has 0 aliphatic carbocycles. The highest BCUT2D eigenvalue weighted by atomic mass is 16.5. The van der Waals surface area contributed by atoms with E-state index in [1.165, 1.54) is 57.8 Å². The Labute approximate surface area is 139 Å². The van der Waals surface area contributed by atoms with Crippen molar-refractivity contribution in [2.24, 2.45) is 0 Å². The Morgan fingerprint density at radius 1 is 0.818 bits per heavy atom. The van der Waals surface area contributed by atoms with E-state index in [9.17, 15) is 0 Å². The molecule has 0 aliphatic rings. The van der Waals surface area contributed by atoms with Crippen LogP contribution >= 0.6 is 0 Å². The number of rotatable bonds is 16. The summed E-state index contributed by atoms with van der Waals surface area (Å²) in [4.78, 5) is 0. The molecule has 0 aromatic rings. The van der Waals surface area contributed by atoms with Gasteiger partial charge in [-0.2, -0.15) is 0 Å². The number of hydrogen-bond donors (Lipinski definition) is 0. The Bertz CT molecular complexity index is 269. The van der Waals surface area contributed by atoms with Crippen molar-refractivity contribution in [3.05, 3.63) is 0 Å². The Morgan fingerprint density at radius 3 is 1.82 bits per heavy atom. The smallest absolute Gasteiger partial charge is 0.151 e. The predicted octanol–water partition coefficient (Wildman–Crippen LogP) is 5.74. The van der Waals surface area contributed by atoms with Crippen LogP contribution in [-0.4, -0.2) is 25.9 Å². The molecule has 0 amide bonds. The van der Waals surface area contributed by atoms with E-state index in [0.29, 0.717) is 6.61 Å². The van der Waals surface area contributed by atoms with Crippen LogP contribution in [0.1, 0.15) is 90.9 Å². The average Bonchev–Trinajstić information content (AvgIpc) is 2.55. The van der Waals surface area contributed by atoms with Crippen molar-refractivity contribution in [1.29, 1.82) is 0 Å². The normalized spacial score (nSPS) is 13.7. The first-order valence-electron chi connectivity index (χ1n) is 9.35. The molecule has 1 atom stereocenters. The molecule has 0 aromatic heterocycles. The van der Waals surface area contributed by atoms with Gasteiger partial charge in [0.15, 0.2) is 5.60 Å². The monoisotopic (exact) mass is 310 g/mol. The summed E-state index contributed by atoms with van der Waals surface area (Å²) in [7, 11) is 1.68.